The average Bonchev–Trinajstić information content (AvgIpc) is 3.75. The average molecular weight is 513 g/mol. The molecule has 0 bridgehead atoms. The van der Waals surface area contributed by atoms with Crippen LogP contribution in [0.4, 0.5) is 16.0 Å². The van der Waals surface area contributed by atoms with Crippen LogP contribution in [0.2, 0.25) is 0 Å². The molecule has 188 valence electrons. The van der Waals surface area contributed by atoms with Crippen LogP contribution in [0.25, 0.3) is 11.4 Å². The van der Waals surface area contributed by atoms with E-state index in [2.05, 4.69) is 35.3 Å². The number of halogens is 1. The van der Waals surface area contributed by atoms with Gasteiger partial charge in [-0.15, -0.1) is 5.23 Å². The molecule has 3 heterocycles. The molecule has 3 aromatic heterocycles. The molecule has 1 unspecified atom stereocenters. The van der Waals surface area contributed by atoms with Gasteiger partial charge in [-0.3, -0.25) is 14.0 Å². The largest absolute Gasteiger partial charge is 0.480 e. The molecule has 36 heavy (non-hydrogen) atoms. The van der Waals surface area contributed by atoms with Gasteiger partial charge in [0.15, 0.2) is 12.1 Å². The molecular formula is C23H25FN8O3S. The first kappa shape index (κ1) is 25.4. The molecular weight excluding hydrogens is 487 g/mol. The Morgan fingerprint density at radius 1 is 1.28 bits per heavy atom. The van der Waals surface area contributed by atoms with Gasteiger partial charge in [0.05, 0.1) is 52.6 Å². The number of methoxy groups -OCH3 is 1. The number of pyridine rings is 1. The summed E-state index contributed by atoms with van der Waals surface area (Å²) in [4.78, 5) is 37.3. The lowest BCUT2D eigenvalue weighted by molar-refractivity contribution is -0.102. The smallest absolute Gasteiger partial charge is 0.227 e. The number of aliphatic imine (C=N–C) groups is 1. The van der Waals surface area contributed by atoms with Crippen molar-refractivity contribution in [1.29, 1.82) is 0 Å². The van der Waals surface area contributed by atoms with E-state index in [9.17, 15) is 9.00 Å². The second kappa shape index (κ2) is 11.4. The van der Waals surface area contributed by atoms with Crippen LogP contribution in [-0.4, -0.2) is 54.5 Å². The lowest BCUT2D eigenvalue weighted by atomic mass is 10.1. The van der Waals surface area contributed by atoms with Crippen molar-refractivity contribution in [2.75, 3.05) is 18.1 Å². The fraction of sp³-hybridized carbons (Fsp3) is 0.348. The quantitative estimate of drug-likeness (QED) is 0.177. The standard InChI is InChI=1S/C23H25FN8O3S/c1-4-36(34)17-8-7-16(26-12-17)11-29-32(24)22-19(25-9-10-33)14(2)30-21(31-22)18-20(15-5-6-15)27-13-28-23(18)35-3/h7-10,12-13,15,29H,4-6,11H2,1-3H3. The van der Waals surface area contributed by atoms with E-state index in [-0.39, 0.29) is 40.9 Å². The number of carbonyl (C=O) groups is 1. The molecule has 0 radical (unpaired) electrons. The van der Waals surface area contributed by atoms with Gasteiger partial charge in [-0.2, -0.15) is 5.43 Å². The number of hydrogen-bond acceptors (Lipinski definition) is 11. The molecule has 0 spiro atoms. The minimum absolute atomic E-state index is 0.00977. The molecule has 0 aliphatic heterocycles. The SMILES string of the molecule is CCS(=O)c1ccc(CNN(F)c2nc(-c3c(OC)ncnc3C3CC3)nc(C)c2N=CC=O)nc1. The van der Waals surface area contributed by atoms with Gasteiger partial charge in [-0.1, -0.05) is 11.4 Å². The first-order valence-electron chi connectivity index (χ1n) is 11.2. The summed E-state index contributed by atoms with van der Waals surface area (Å²) in [5.74, 6) is 0.977. The summed E-state index contributed by atoms with van der Waals surface area (Å²) in [5.41, 5.74) is 4.76. The fourth-order valence-corrected chi connectivity index (χ4v) is 4.24. The molecule has 1 atom stereocenters. The minimum Gasteiger partial charge on any atom is -0.480 e. The summed E-state index contributed by atoms with van der Waals surface area (Å²) in [5, 5.41) is 0.211. The Morgan fingerprint density at radius 3 is 2.72 bits per heavy atom. The van der Waals surface area contributed by atoms with Gasteiger partial charge >= 0.3 is 0 Å². The Kier molecular flexibility index (Phi) is 8.00. The Bertz CT molecular complexity index is 1300. The molecule has 0 aromatic carbocycles. The predicted octanol–water partition coefficient (Wildman–Crippen LogP) is 2.95. The zero-order chi connectivity index (χ0) is 25.7. The Morgan fingerprint density at radius 2 is 2.08 bits per heavy atom. The van der Waals surface area contributed by atoms with E-state index in [4.69, 9.17) is 4.74 Å². The molecule has 13 heteroatoms. The number of ether oxygens (including phenoxy) is 1. The van der Waals surface area contributed by atoms with Crippen LogP contribution in [0.3, 0.4) is 0 Å². The van der Waals surface area contributed by atoms with Crippen molar-refractivity contribution in [3.63, 3.8) is 0 Å². The molecule has 1 aliphatic carbocycles. The predicted molar refractivity (Wildman–Crippen MR) is 132 cm³/mol. The molecule has 0 saturated heterocycles. The van der Waals surface area contributed by atoms with Crippen molar-refractivity contribution in [3.8, 4) is 17.3 Å². The monoisotopic (exact) mass is 512 g/mol. The normalized spacial score (nSPS) is 14.1. The number of nitrogens with zero attached hydrogens (tertiary/aromatic N) is 7. The summed E-state index contributed by atoms with van der Waals surface area (Å²) < 4.78 is 32.8. The molecule has 4 rings (SSSR count). The number of rotatable bonds is 11. The highest BCUT2D eigenvalue weighted by Crippen LogP contribution is 2.45. The van der Waals surface area contributed by atoms with Crippen molar-refractivity contribution in [2.45, 2.75) is 44.0 Å². The molecule has 1 fully saturated rings. The summed E-state index contributed by atoms with van der Waals surface area (Å²) in [6, 6.07) is 3.36. The first-order chi connectivity index (χ1) is 17.5. The van der Waals surface area contributed by atoms with E-state index in [0.29, 0.717) is 33.9 Å². The van der Waals surface area contributed by atoms with E-state index < -0.39 is 10.8 Å². The second-order valence-electron chi connectivity index (χ2n) is 7.87. The van der Waals surface area contributed by atoms with Gasteiger partial charge in [0.2, 0.25) is 11.7 Å². The van der Waals surface area contributed by atoms with Crippen LogP contribution in [0.15, 0.2) is 34.5 Å². The third-order valence-corrected chi connectivity index (χ3v) is 6.73. The molecule has 1 N–H and O–H groups in total. The summed E-state index contributed by atoms with van der Waals surface area (Å²) in [7, 11) is 0.358. The highest BCUT2D eigenvalue weighted by Gasteiger charge is 2.32. The van der Waals surface area contributed by atoms with E-state index >= 15 is 4.48 Å². The molecule has 1 saturated carbocycles. The van der Waals surface area contributed by atoms with Crippen molar-refractivity contribution in [2.24, 2.45) is 4.99 Å². The van der Waals surface area contributed by atoms with E-state index in [1.54, 1.807) is 19.1 Å². The highest BCUT2D eigenvalue weighted by molar-refractivity contribution is 7.85. The van der Waals surface area contributed by atoms with Gasteiger partial charge in [0.25, 0.3) is 0 Å². The van der Waals surface area contributed by atoms with Gasteiger partial charge < -0.3 is 4.74 Å². The molecule has 0 amide bonds. The first-order valence-corrected chi connectivity index (χ1v) is 12.6. The molecule has 11 nitrogen and oxygen atoms in total. The highest BCUT2D eigenvalue weighted by atomic mass is 32.2. The lowest BCUT2D eigenvalue weighted by Gasteiger charge is -2.18. The Balaban J connectivity index is 1.68. The number of anilines is 1. The van der Waals surface area contributed by atoms with Crippen LogP contribution in [0, 0.1) is 6.92 Å². The maximum atomic E-state index is 15.4. The topological polar surface area (TPSA) is 135 Å². The lowest BCUT2D eigenvalue weighted by Crippen LogP contribution is -2.31. The number of aryl methyl sites for hydroxylation is 1. The van der Waals surface area contributed by atoms with Gasteiger partial charge in [-0.25, -0.2) is 24.9 Å². The summed E-state index contributed by atoms with van der Waals surface area (Å²) in [6.07, 6.45) is 6.35. The summed E-state index contributed by atoms with van der Waals surface area (Å²) >= 11 is 0. The van der Waals surface area contributed by atoms with Crippen LogP contribution < -0.4 is 15.4 Å². The van der Waals surface area contributed by atoms with Gasteiger partial charge in [-0.05, 0) is 31.9 Å². The third-order valence-electron chi connectivity index (χ3n) is 5.43. The zero-order valence-electron chi connectivity index (χ0n) is 20.0. The van der Waals surface area contributed by atoms with E-state index in [0.717, 1.165) is 24.8 Å². The van der Waals surface area contributed by atoms with Crippen molar-refractivity contribution < 1.29 is 18.2 Å². The number of nitrogens with one attached hydrogen (secondary N) is 1. The number of hydrogen-bond donors (Lipinski definition) is 1. The minimum atomic E-state index is -1.12. The van der Waals surface area contributed by atoms with Crippen LogP contribution in [0.5, 0.6) is 5.88 Å². The summed E-state index contributed by atoms with van der Waals surface area (Å²) in [6.45, 7) is 3.47. The van der Waals surface area contributed by atoms with Gasteiger partial charge in [0, 0.05) is 17.9 Å². The van der Waals surface area contributed by atoms with Crippen LogP contribution in [-0.2, 0) is 22.1 Å². The van der Waals surface area contributed by atoms with Crippen molar-refractivity contribution >= 4 is 34.8 Å². The fourth-order valence-electron chi connectivity index (χ4n) is 3.51. The zero-order valence-corrected chi connectivity index (χ0v) is 20.8. The Hall–Kier alpha value is -3.71. The number of carbonyl (C=O) groups excluding carboxylic acids is 1. The van der Waals surface area contributed by atoms with Crippen LogP contribution >= 0.6 is 0 Å². The van der Waals surface area contributed by atoms with Gasteiger partial charge in [0.1, 0.15) is 17.6 Å². The van der Waals surface area contributed by atoms with E-state index in [1.807, 2.05) is 6.92 Å². The number of aromatic nitrogens is 5. The Labute approximate surface area is 209 Å². The van der Waals surface area contributed by atoms with Crippen molar-refractivity contribution in [1.82, 2.24) is 30.3 Å². The number of hydrazine groups is 1. The maximum Gasteiger partial charge on any atom is 0.227 e. The third kappa shape index (κ3) is 5.57. The maximum absolute atomic E-state index is 15.4. The molecule has 3 aromatic rings. The second-order valence-corrected chi connectivity index (χ2v) is 9.61. The number of aldehydes is 1. The van der Waals surface area contributed by atoms with Crippen molar-refractivity contribution in [3.05, 3.63) is 41.7 Å². The molecule has 1 aliphatic rings. The van der Waals surface area contributed by atoms with E-state index in [1.165, 1.54) is 19.6 Å². The van der Waals surface area contributed by atoms with Crippen LogP contribution in [0.1, 0.15) is 42.8 Å².